The van der Waals surface area contributed by atoms with Crippen LogP contribution in [0, 0.1) is 11.6 Å². The van der Waals surface area contributed by atoms with E-state index in [0.29, 0.717) is 49.1 Å². The molecule has 0 N–H and O–H groups in total. The van der Waals surface area contributed by atoms with Crippen LogP contribution in [0.1, 0.15) is 0 Å². The van der Waals surface area contributed by atoms with Gasteiger partial charge in [-0.15, -0.1) is 0 Å². The summed E-state index contributed by atoms with van der Waals surface area (Å²) >= 11 is 6.25. The van der Waals surface area contributed by atoms with E-state index in [4.69, 9.17) is 16.3 Å². The standard InChI is InChI=1S/C19H24FN5O2.C15H16ClFN4O/c1-22-6-8-23(9-7-22)17-14-21-25(16-4-2-15(20)3-5-16)19(26)18(17)24-10-12-27-13-11-24;1-19-6-8-20(9-7-19)13-10-18-21(15(22)14(13)16)12-4-2-11(17)3-5-12/h2-5,14H,6-13H2,1H3;2-5,10H,6-9H2,1H3. The van der Waals surface area contributed by atoms with Gasteiger partial charge in [-0.25, -0.2) is 8.78 Å². The molecule has 0 bridgehead atoms. The number of hydrogen-bond donors (Lipinski definition) is 0. The number of likely N-dealkylation sites (N-methyl/N-ethyl adjacent to an activating group) is 2. The lowest BCUT2D eigenvalue weighted by Gasteiger charge is -2.37. The first kappa shape index (κ1) is 34.5. The fourth-order valence-corrected chi connectivity index (χ4v) is 6.27. The quantitative estimate of drug-likeness (QED) is 0.310. The molecule has 3 aliphatic heterocycles. The van der Waals surface area contributed by atoms with E-state index in [-0.39, 0.29) is 22.2 Å². The molecule has 0 amide bonds. The summed E-state index contributed by atoms with van der Waals surface area (Å²) in [6.07, 6.45) is 3.36. The third-order valence-electron chi connectivity index (χ3n) is 8.99. The molecule has 0 atom stereocenters. The lowest BCUT2D eigenvalue weighted by molar-refractivity contribution is 0.122. The molecular formula is C34H40ClF2N9O3. The summed E-state index contributed by atoms with van der Waals surface area (Å²) in [7, 11) is 4.16. The van der Waals surface area contributed by atoms with Crippen molar-refractivity contribution in [3.63, 3.8) is 0 Å². The molecule has 0 saturated carbocycles. The normalized spacial score (nSPS) is 17.5. The number of anilines is 3. The molecule has 3 aliphatic rings. The topological polar surface area (TPSA) is 95.2 Å². The van der Waals surface area contributed by atoms with Gasteiger partial charge < -0.3 is 29.2 Å². The van der Waals surface area contributed by atoms with Crippen LogP contribution < -0.4 is 25.8 Å². The van der Waals surface area contributed by atoms with Gasteiger partial charge in [0, 0.05) is 65.4 Å². The number of piperazine rings is 2. The van der Waals surface area contributed by atoms with Crippen LogP contribution in [-0.4, -0.2) is 122 Å². The zero-order chi connectivity index (χ0) is 34.5. The highest BCUT2D eigenvalue weighted by Gasteiger charge is 2.26. The molecule has 5 heterocycles. The second-order valence-corrected chi connectivity index (χ2v) is 12.7. The molecule has 0 radical (unpaired) electrons. The Morgan fingerprint density at radius 2 is 1.02 bits per heavy atom. The van der Waals surface area contributed by atoms with Crippen molar-refractivity contribution in [3.05, 3.63) is 98.3 Å². The summed E-state index contributed by atoms with van der Waals surface area (Å²) in [5.41, 5.74) is 2.64. The number of halogens is 3. The Hall–Kier alpha value is -4.37. The Bertz CT molecular complexity index is 1830. The van der Waals surface area contributed by atoms with Gasteiger partial charge in [0.15, 0.2) is 0 Å². The second kappa shape index (κ2) is 15.5. The minimum atomic E-state index is -0.398. The van der Waals surface area contributed by atoms with Crippen molar-refractivity contribution in [3.8, 4) is 11.4 Å². The molecule has 260 valence electrons. The molecule has 3 fully saturated rings. The lowest BCUT2D eigenvalue weighted by Crippen LogP contribution is -2.47. The molecule has 3 saturated heterocycles. The molecule has 0 unspecified atom stereocenters. The smallest absolute Gasteiger partial charge is 0.297 e. The average Bonchev–Trinajstić information content (AvgIpc) is 3.12. The minimum absolute atomic E-state index is 0.142. The Balaban J connectivity index is 0.000000174. The van der Waals surface area contributed by atoms with E-state index in [2.05, 4.69) is 48.8 Å². The van der Waals surface area contributed by atoms with E-state index < -0.39 is 5.56 Å². The highest BCUT2D eigenvalue weighted by Crippen LogP contribution is 2.27. The largest absolute Gasteiger partial charge is 0.378 e. The van der Waals surface area contributed by atoms with Gasteiger partial charge in [0.1, 0.15) is 22.3 Å². The summed E-state index contributed by atoms with van der Waals surface area (Å²) in [5, 5.41) is 8.71. The van der Waals surface area contributed by atoms with E-state index in [9.17, 15) is 18.4 Å². The van der Waals surface area contributed by atoms with E-state index >= 15 is 0 Å². The van der Waals surface area contributed by atoms with Gasteiger partial charge in [0.05, 0.1) is 48.4 Å². The Morgan fingerprint density at radius 1 is 0.592 bits per heavy atom. The van der Waals surface area contributed by atoms with Gasteiger partial charge in [-0.1, -0.05) is 11.6 Å². The number of aromatic nitrogens is 4. The van der Waals surface area contributed by atoms with Gasteiger partial charge in [-0.05, 0) is 62.6 Å². The van der Waals surface area contributed by atoms with Crippen LogP contribution >= 0.6 is 11.6 Å². The number of rotatable bonds is 5. The van der Waals surface area contributed by atoms with Crippen molar-refractivity contribution in [2.24, 2.45) is 0 Å². The van der Waals surface area contributed by atoms with Crippen molar-refractivity contribution >= 4 is 28.7 Å². The first-order valence-corrected chi connectivity index (χ1v) is 16.7. The number of nitrogens with zero attached hydrogens (tertiary/aromatic N) is 9. The zero-order valence-electron chi connectivity index (χ0n) is 27.6. The molecule has 0 spiro atoms. The van der Waals surface area contributed by atoms with Crippen molar-refractivity contribution in [1.82, 2.24) is 29.4 Å². The SMILES string of the molecule is CN1CCN(c2cnn(-c3ccc(F)cc3)c(=O)c2Cl)CC1.CN1CCN(c2cnn(-c3ccc(F)cc3)c(=O)c2N2CCOCC2)CC1. The molecule has 2 aromatic heterocycles. The summed E-state index contributed by atoms with van der Waals surface area (Å²) < 4.78 is 34.2. The van der Waals surface area contributed by atoms with Crippen molar-refractivity contribution in [1.29, 1.82) is 0 Å². The van der Waals surface area contributed by atoms with Crippen LogP contribution in [0.15, 0.2) is 70.5 Å². The van der Waals surface area contributed by atoms with E-state index in [0.717, 1.165) is 58.0 Å². The first-order valence-electron chi connectivity index (χ1n) is 16.3. The third-order valence-corrected chi connectivity index (χ3v) is 9.35. The maximum absolute atomic E-state index is 13.4. The van der Waals surface area contributed by atoms with Crippen LogP contribution in [0.25, 0.3) is 11.4 Å². The number of ether oxygens (including phenoxy) is 1. The monoisotopic (exact) mass is 695 g/mol. The van der Waals surface area contributed by atoms with Crippen LogP contribution in [0.2, 0.25) is 5.02 Å². The van der Waals surface area contributed by atoms with Gasteiger partial charge >= 0.3 is 0 Å². The van der Waals surface area contributed by atoms with E-state index in [1.165, 1.54) is 45.8 Å². The van der Waals surface area contributed by atoms with Gasteiger partial charge in [0.25, 0.3) is 11.1 Å². The molecule has 49 heavy (non-hydrogen) atoms. The summed E-state index contributed by atoms with van der Waals surface area (Å²) in [6.45, 7) is 9.58. The highest BCUT2D eigenvalue weighted by molar-refractivity contribution is 6.33. The van der Waals surface area contributed by atoms with Crippen LogP contribution in [0.5, 0.6) is 0 Å². The minimum Gasteiger partial charge on any atom is -0.378 e. The lowest BCUT2D eigenvalue weighted by atomic mass is 10.2. The van der Waals surface area contributed by atoms with E-state index in [1.54, 1.807) is 24.5 Å². The average molecular weight is 696 g/mol. The molecular weight excluding hydrogens is 656 g/mol. The molecule has 12 nitrogen and oxygen atoms in total. The molecule has 0 aliphatic carbocycles. The number of benzene rings is 2. The fraction of sp³-hybridized carbons (Fsp3) is 0.412. The van der Waals surface area contributed by atoms with Crippen LogP contribution in [0.4, 0.5) is 25.8 Å². The van der Waals surface area contributed by atoms with Crippen LogP contribution in [0.3, 0.4) is 0 Å². The predicted molar refractivity (Wildman–Crippen MR) is 187 cm³/mol. The van der Waals surface area contributed by atoms with Crippen molar-refractivity contribution in [2.45, 2.75) is 0 Å². The van der Waals surface area contributed by atoms with Crippen molar-refractivity contribution < 1.29 is 13.5 Å². The van der Waals surface area contributed by atoms with E-state index in [1.807, 2.05) is 0 Å². The second-order valence-electron chi connectivity index (χ2n) is 12.3. The van der Waals surface area contributed by atoms with Gasteiger partial charge in [0.2, 0.25) is 0 Å². The molecule has 2 aromatic carbocycles. The Kier molecular flexibility index (Phi) is 10.9. The first-order chi connectivity index (χ1) is 23.7. The zero-order valence-corrected chi connectivity index (χ0v) is 28.4. The molecule has 15 heteroatoms. The Morgan fingerprint density at radius 3 is 1.51 bits per heavy atom. The number of morpholine rings is 1. The number of hydrogen-bond acceptors (Lipinski definition) is 10. The molecule has 4 aromatic rings. The fourth-order valence-electron chi connectivity index (χ4n) is 6.02. The van der Waals surface area contributed by atoms with Crippen molar-refractivity contribution in [2.75, 3.05) is 107 Å². The summed E-state index contributed by atoms with van der Waals surface area (Å²) in [6, 6.07) is 11.4. The summed E-state index contributed by atoms with van der Waals surface area (Å²) in [4.78, 5) is 36.7. The highest BCUT2D eigenvalue weighted by atomic mass is 35.5. The van der Waals surface area contributed by atoms with Gasteiger partial charge in [-0.3, -0.25) is 9.59 Å². The van der Waals surface area contributed by atoms with Gasteiger partial charge in [-0.2, -0.15) is 19.6 Å². The van der Waals surface area contributed by atoms with Crippen LogP contribution in [-0.2, 0) is 4.74 Å². The predicted octanol–water partition coefficient (Wildman–Crippen LogP) is 2.74. The molecule has 7 rings (SSSR count). The summed E-state index contributed by atoms with van der Waals surface area (Å²) in [5.74, 6) is -0.703. The third kappa shape index (κ3) is 7.93. The Labute approximate surface area is 288 Å². The maximum Gasteiger partial charge on any atom is 0.297 e. The maximum atomic E-state index is 13.4.